The third-order valence-corrected chi connectivity index (χ3v) is 16.6. The molecule has 0 radical (unpaired) electrons. The number of likely N-dealkylation sites (N-methyl/N-ethyl adjacent to an activating group) is 1. The van der Waals surface area contributed by atoms with E-state index < -0.39 is 12.1 Å². The number of nitrogens with one attached hydrogen (secondary N) is 4. The monoisotopic (exact) mass is 1080 g/mol. The van der Waals surface area contributed by atoms with Crippen LogP contribution in [0.5, 0.6) is 0 Å². The van der Waals surface area contributed by atoms with Gasteiger partial charge in [-0.2, -0.15) is 0 Å². The van der Waals surface area contributed by atoms with Crippen LogP contribution in [0.4, 0.5) is 4.79 Å². The van der Waals surface area contributed by atoms with E-state index in [0.29, 0.717) is 25.0 Å². The molecule has 2 saturated heterocycles. The number of benzene rings is 3. The highest BCUT2D eigenvalue weighted by molar-refractivity contribution is 5.82. The van der Waals surface area contributed by atoms with Gasteiger partial charge < -0.3 is 39.8 Å². The van der Waals surface area contributed by atoms with Gasteiger partial charge in [0.2, 0.25) is 5.91 Å². The van der Waals surface area contributed by atoms with Crippen molar-refractivity contribution in [1.82, 2.24) is 40.4 Å². The van der Waals surface area contributed by atoms with Crippen LogP contribution in [0.3, 0.4) is 0 Å². The molecule has 432 valence electrons. The number of nitrogens with zero attached hydrogens (tertiary/aromatic N) is 4. The number of rotatable bonds is 15. The second-order valence-electron chi connectivity index (χ2n) is 21.9. The Hall–Kier alpha value is -6.12. The number of alkyl carbamates (subject to hydrolysis) is 1. The van der Waals surface area contributed by atoms with Gasteiger partial charge in [0.15, 0.2) is 0 Å². The van der Waals surface area contributed by atoms with Crippen molar-refractivity contribution in [3.63, 3.8) is 0 Å². The van der Waals surface area contributed by atoms with Crippen molar-refractivity contribution in [2.24, 2.45) is 17.8 Å². The maximum atomic E-state index is 12.8. The Kier molecular flexibility index (Phi) is 25.5. The number of aromatic nitrogens is 4. The van der Waals surface area contributed by atoms with Crippen molar-refractivity contribution in [3.8, 4) is 44.8 Å². The number of carbonyl (C=O) groups excluding carboxylic acids is 4. The van der Waals surface area contributed by atoms with Gasteiger partial charge in [-0.3, -0.25) is 14.5 Å². The zero-order chi connectivity index (χ0) is 57.6. The first-order valence-electron chi connectivity index (χ1n) is 29.7. The summed E-state index contributed by atoms with van der Waals surface area (Å²) in [7, 11) is 6.66. The molecule has 2 saturated carbocycles. The van der Waals surface area contributed by atoms with Crippen molar-refractivity contribution in [2.75, 3.05) is 41.4 Å². The number of piperidine rings is 1. The smallest absolute Gasteiger partial charge is 0.407 e. The van der Waals surface area contributed by atoms with Gasteiger partial charge in [-0.05, 0) is 127 Å². The Bertz CT molecular complexity index is 2630. The molecule has 3 aliphatic carbocycles. The predicted molar refractivity (Wildman–Crippen MR) is 321 cm³/mol. The van der Waals surface area contributed by atoms with E-state index >= 15 is 0 Å². The predicted octanol–water partition coefficient (Wildman–Crippen LogP) is 13.8. The lowest BCUT2D eigenvalue weighted by atomic mass is 9.76. The highest BCUT2D eigenvalue weighted by atomic mass is 16.5. The number of hydrogen-bond donors (Lipinski definition) is 4. The molecular formula is C65H96N8O6. The number of aldehydes is 1. The van der Waals surface area contributed by atoms with E-state index in [9.17, 15) is 14.4 Å². The molecule has 4 fully saturated rings. The molecule has 4 N–H and O–H groups in total. The lowest BCUT2D eigenvalue weighted by Crippen LogP contribution is -2.40. The summed E-state index contributed by atoms with van der Waals surface area (Å²) in [5.41, 5.74) is 13.2. The van der Waals surface area contributed by atoms with E-state index in [1.807, 2.05) is 52.0 Å². The molecule has 2 aliphatic heterocycles. The second-order valence-corrected chi connectivity index (χ2v) is 21.9. The molecule has 79 heavy (non-hydrogen) atoms. The number of carbonyl (C=O) groups is 4. The number of methoxy groups -OCH3 is 2. The minimum absolute atomic E-state index is 0.00797. The molecule has 14 nitrogen and oxygen atoms in total. The summed E-state index contributed by atoms with van der Waals surface area (Å²) in [6.07, 6.45) is 21.4. The molecule has 10 rings (SSSR count). The zero-order valence-corrected chi connectivity index (χ0v) is 50.2. The van der Waals surface area contributed by atoms with Crippen LogP contribution in [-0.4, -0.2) is 108 Å². The number of likely N-dealkylation sites (tertiary alicyclic amines) is 2. The number of hydrogen-bond acceptors (Lipinski definition) is 10. The standard InChI is InChI=1S/C45H51N7O.C8H15NO3.2C4H10.C2H4O2.C2H6/c1-27-20-40(52(26-27)41(53)25-46-2)44-48-24-37(50-44)31-12-8-29(9-13-31)34-15-14-33(35-16-19-45(42(34)35)17-4-5-18-45)28-6-10-30(11-7-28)36-23-47-43(49-36)39-22-32-21-38(32)51(39)3;1-4-6(2)7(5-10)9-8(11)12-3;2*1-3-4-2;1-4-2-3;1-2/h6-15,23-24,27,32,38-40,46H,4-5,16-22,25-26H2,1-3H3,(H,47,49)(H,48,50);5-7H,4H2,1-3H3,(H,9,11);2*3-4H2,1-2H3;2H,1H3;1-2H3/t27?,32?,38?,39?,40-;;;;;/m0...../s1. The van der Waals surface area contributed by atoms with E-state index in [-0.39, 0.29) is 23.3 Å². The zero-order valence-electron chi connectivity index (χ0n) is 50.2. The summed E-state index contributed by atoms with van der Waals surface area (Å²) >= 11 is 0. The quantitative estimate of drug-likeness (QED) is 0.0739. The van der Waals surface area contributed by atoms with Crippen LogP contribution in [0.2, 0.25) is 0 Å². The summed E-state index contributed by atoms with van der Waals surface area (Å²) in [5, 5.41) is 5.45. The second kappa shape index (κ2) is 31.6. The van der Waals surface area contributed by atoms with Gasteiger partial charge >= 0.3 is 6.09 Å². The molecule has 7 atom stereocenters. The molecule has 2 aromatic heterocycles. The lowest BCUT2D eigenvalue weighted by Gasteiger charge is -2.28. The van der Waals surface area contributed by atoms with Crippen LogP contribution < -0.4 is 10.6 Å². The first-order chi connectivity index (χ1) is 38.3. The number of ether oxygens (including phenoxy) is 2. The molecule has 6 unspecified atom stereocenters. The Labute approximate surface area is 473 Å². The van der Waals surface area contributed by atoms with Crippen molar-refractivity contribution < 1.29 is 28.7 Å². The van der Waals surface area contributed by atoms with Crippen molar-refractivity contribution >= 4 is 24.8 Å². The Morgan fingerprint density at radius 2 is 1.28 bits per heavy atom. The molecule has 4 heterocycles. The largest absolute Gasteiger partial charge is 0.471 e. The first-order valence-corrected chi connectivity index (χ1v) is 29.7. The third-order valence-electron chi connectivity index (χ3n) is 16.6. The van der Waals surface area contributed by atoms with Crippen LogP contribution >= 0.6 is 0 Å². The average Bonchev–Trinajstić information content (AvgIpc) is 4.23. The van der Waals surface area contributed by atoms with Gasteiger partial charge in [-0.1, -0.05) is 168 Å². The SMILES string of the molecule is CC.CCC(C)C(C=O)NC(=O)OC.CCCC.CCCC.CNCC(=O)N1CC(C)C[C@H]1c1ncc(-c2ccc(-c3ccc(-c4ccc(-c5cnc(C6CC7CC7N6C)[nH]5)cc4)c4c3C3(CCCC3)CC4)cc2)[nH]1.COC=O. The summed E-state index contributed by atoms with van der Waals surface area (Å²) < 4.78 is 8.23. The van der Waals surface area contributed by atoms with Gasteiger partial charge in [0.05, 0.1) is 62.7 Å². The highest BCUT2D eigenvalue weighted by Crippen LogP contribution is 2.56. The average molecular weight is 1090 g/mol. The van der Waals surface area contributed by atoms with Gasteiger partial charge in [-0.15, -0.1) is 0 Å². The number of amides is 2. The number of imidazole rings is 2. The molecule has 5 aromatic rings. The normalized spacial score (nSPS) is 20.6. The van der Waals surface area contributed by atoms with E-state index in [1.165, 1.54) is 113 Å². The summed E-state index contributed by atoms with van der Waals surface area (Å²) in [6, 6.07) is 23.8. The van der Waals surface area contributed by atoms with Crippen LogP contribution in [0.15, 0.2) is 73.1 Å². The van der Waals surface area contributed by atoms with Crippen molar-refractivity contribution in [2.45, 2.75) is 182 Å². The minimum Gasteiger partial charge on any atom is -0.471 e. The highest BCUT2D eigenvalue weighted by Gasteiger charge is 2.51. The maximum Gasteiger partial charge on any atom is 0.407 e. The van der Waals surface area contributed by atoms with Gasteiger partial charge in [0, 0.05) is 12.6 Å². The van der Waals surface area contributed by atoms with Gasteiger partial charge in [-0.25, -0.2) is 14.8 Å². The number of aromatic amines is 2. The fourth-order valence-electron chi connectivity index (χ4n) is 11.6. The van der Waals surface area contributed by atoms with Crippen LogP contribution in [0.25, 0.3) is 44.8 Å². The number of unbranched alkanes of at least 4 members (excludes halogenated alkanes) is 2. The van der Waals surface area contributed by atoms with Gasteiger partial charge in [0.25, 0.3) is 6.47 Å². The van der Waals surface area contributed by atoms with Crippen molar-refractivity contribution in [3.05, 3.63) is 95.8 Å². The lowest BCUT2D eigenvalue weighted by molar-refractivity contribution is -0.131. The molecule has 1 spiro atoms. The molecule has 14 heteroatoms. The fourth-order valence-corrected chi connectivity index (χ4v) is 11.6. The maximum absolute atomic E-state index is 12.8. The molecular weight excluding hydrogens is 989 g/mol. The van der Waals surface area contributed by atoms with E-state index in [0.717, 1.165) is 72.7 Å². The Morgan fingerprint density at radius 3 is 1.75 bits per heavy atom. The summed E-state index contributed by atoms with van der Waals surface area (Å²) in [4.78, 5) is 64.4. The summed E-state index contributed by atoms with van der Waals surface area (Å²) in [5.74, 6) is 3.58. The van der Waals surface area contributed by atoms with Gasteiger partial charge in [0.1, 0.15) is 17.9 Å². The molecule has 0 bridgehead atoms. The third kappa shape index (κ3) is 16.1. The Morgan fingerprint density at radius 1 is 0.759 bits per heavy atom. The molecule has 5 aliphatic rings. The minimum atomic E-state index is -0.563. The Balaban J connectivity index is 0.000000371. The van der Waals surface area contributed by atoms with Crippen molar-refractivity contribution in [1.29, 1.82) is 0 Å². The van der Waals surface area contributed by atoms with E-state index in [4.69, 9.17) is 14.8 Å². The van der Waals surface area contributed by atoms with Crippen LogP contribution in [0.1, 0.15) is 181 Å². The van der Waals surface area contributed by atoms with Crippen LogP contribution in [-0.2, 0) is 35.7 Å². The first kappa shape index (κ1) is 63.7. The van der Waals surface area contributed by atoms with E-state index in [1.54, 1.807) is 11.1 Å². The molecule has 3 aromatic carbocycles. The van der Waals surface area contributed by atoms with Crippen LogP contribution in [0, 0.1) is 17.8 Å². The topological polar surface area (TPSA) is 175 Å². The summed E-state index contributed by atoms with van der Waals surface area (Å²) in [6.45, 7) is 20.3. The van der Waals surface area contributed by atoms with E-state index in [2.05, 4.69) is 137 Å². The number of H-pyrrole nitrogens is 2. The molecule has 2 amide bonds. The number of fused-ring (bicyclic) bond motifs is 3. The fraction of sp³-hybridized carbons (Fsp3) is 0.569.